The van der Waals surface area contributed by atoms with Crippen molar-refractivity contribution in [3.63, 3.8) is 0 Å². The average molecular weight is 279 g/mol. The predicted molar refractivity (Wildman–Crippen MR) is 80.7 cm³/mol. The van der Waals surface area contributed by atoms with E-state index in [4.69, 9.17) is 0 Å². The summed E-state index contributed by atoms with van der Waals surface area (Å²) < 4.78 is 0. The lowest BCUT2D eigenvalue weighted by molar-refractivity contribution is 0.127. The Morgan fingerprint density at radius 1 is 0.950 bits per heavy atom. The molecule has 1 aliphatic carbocycles. The molecule has 3 fully saturated rings. The highest BCUT2D eigenvalue weighted by Crippen LogP contribution is 2.29. The summed E-state index contributed by atoms with van der Waals surface area (Å²) in [4.78, 5) is 14.8. The molecule has 0 aromatic rings. The fourth-order valence-corrected chi connectivity index (χ4v) is 3.92. The Kier molecular flexibility index (Phi) is 4.81. The van der Waals surface area contributed by atoms with Gasteiger partial charge < -0.3 is 15.5 Å². The summed E-state index contributed by atoms with van der Waals surface area (Å²) in [6.45, 7) is 3.21. The van der Waals surface area contributed by atoms with Gasteiger partial charge in [-0.15, -0.1) is 0 Å². The standard InChI is InChI=1S/C16H29N3O/c20-16(18-14-5-4-6-14)19-12-3-1-2-7-15(19)13-8-10-17-11-9-13/h13-15,17H,1-12H2,(H,18,20). The third kappa shape index (κ3) is 3.27. The highest BCUT2D eigenvalue weighted by Gasteiger charge is 2.33. The maximum atomic E-state index is 12.6. The SMILES string of the molecule is O=C(NC1CCC1)N1CCCCCC1C1CCNCC1. The van der Waals surface area contributed by atoms with Crippen LogP contribution < -0.4 is 10.6 Å². The lowest BCUT2D eigenvalue weighted by atomic mass is 9.87. The Hall–Kier alpha value is -0.770. The lowest BCUT2D eigenvalue weighted by Crippen LogP contribution is -2.53. The van der Waals surface area contributed by atoms with Gasteiger partial charge in [0, 0.05) is 18.6 Å². The molecule has 1 atom stereocenters. The Labute approximate surface area is 122 Å². The highest BCUT2D eigenvalue weighted by atomic mass is 16.2. The van der Waals surface area contributed by atoms with Gasteiger partial charge in [0.25, 0.3) is 0 Å². The molecule has 2 heterocycles. The molecule has 0 radical (unpaired) electrons. The van der Waals surface area contributed by atoms with Crippen molar-refractivity contribution in [3.8, 4) is 0 Å². The molecule has 0 bridgehead atoms. The largest absolute Gasteiger partial charge is 0.335 e. The zero-order valence-electron chi connectivity index (χ0n) is 12.6. The van der Waals surface area contributed by atoms with Crippen LogP contribution in [0.25, 0.3) is 0 Å². The smallest absolute Gasteiger partial charge is 0.317 e. The third-order valence-corrected chi connectivity index (χ3v) is 5.42. The molecule has 4 nitrogen and oxygen atoms in total. The molecule has 2 amide bonds. The van der Waals surface area contributed by atoms with Crippen LogP contribution >= 0.6 is 0 Å². The number of hydrogen-bond donors (Lipinski definition) is 2. The maximum absolute atomic E-state index is 12.6. The van der Waals surface area contributed by atoms with E-state index in [1.54, 1.807) is 0 Å². The van der Waals surface area contributed by atoms with Gasteiger partial charge in [0.2, 0.25) is 0 Å². The van der Waals surface area contributed by atoms with Crippen LogP contribution in [0.4, 0.5) is 4.79 Å². The molecule has 0 aromatic carbocycles. The minimum Gasteiger partial charge on any atom is -0.335 e. The summed E-state index contributed by atoms with van der Waals surface area (Å²) in [6.07, 6.45) is 11.1. The number of carbonyl (C=O) groups is 1. The van der Waals surface area contributed by atoms with Crippen LogP contribution in [0.2, 0.25) is 0 Å². The molecule has 3 rings (SSSR count). The van der Waals surface area contributed by atoms with E-state index in [0.29, 0.717) is 18.0 Å². The van der Waals surface area contributed by atoms with Crippen LogP contribution in [0.5, 0.6) is 0 Å². The zero-order chi connectivity index (χ0) is 13.8. The summed E-state index contributed by atoms with van der Waals surface area (Å²) in [6, 6.07) is 1.17. The molecule has 0 aromatic heterocycles. The van der Waals surface area contributed by atoms with Crippen molar-refractivity contribution in [3.05, 3.63) is 0 Å². The first-order valence-electron chi connectivity index (χ1n) is 8.62. The number of amides is 2. The summed E-state index contributed by atoms with van der Waals surface area (Å²) >= 11 is 0. The lowest BCUT2D eigenvalue weighted by Gasteiger charge is -2.39. The number of nitrogens with zero attached hydrogens (tertiary/aromatic N) is 1. The molecule has 2 saturated heterocycles. The number of nitrogens with one attached hydrogen (secondary N) is 2. The van der Waals surface area contributed by atoms with Gasteiger partial charge in [-0.3, -0.25) is 0 Å². The Morgan fingerprint density at radius 2 is 1.75 bits per heavy atom. The van der Waals surface area contributed by atoms with Crippen molar-refractivity contribution >= 4 is 6.03 Å². The van der Waals surface area contributed by atoms with E-state index >= 15 is 0 Å². The maximum Gasteiger partial charge on any atom is 0.317 e. The van der Waals surface area contributed by atoms with Crippen molar-refractivity contribution in [1.29, 1.82) is 0 Å². The quantitative estimate of drug-likeness (QED) is 0.815. The van der Waals surface area contributed by atoms with E-state index in [9.17, 15) is 4.79 Å². The monoisotopic (exact) mass is 279 g/mol. The van der Waals surface area contributed by atoms with E-state index in [2.05, 4.69) is 15.5 Å². The molecule has 2 aliphatic heterocycles. The third-order valence-electron chi connectivity index (χ3n) is 5.42. The van der Waals surface area contributed by atoms with E-state index < -0.39 is 0 Å². The Balaban J connectivity index is 1.64. The summed E-state index contributed by atoms with van der Waals surface area (Å²) in [5.74, 6) is 0.710. The van der Waals surface area contributed by atoms with Gasteiger partial charge in [-0.05, 0) is 64.0 Å². The van der Waals surface area contributed by atoms with Gasteiger partial charge in [-0.25, -0.2) is 4.79 Å². The molecule has 20 heavy (non-hydrogen) atoms. The van der Waals surface area contributed by atoms with Gasteiger partial charge in [0.05, 0.1) is 0 Å². The van der Waals surface area contributed by atoms with Crippen molar-refractivity contribution in [2.75, 3.05) is 19.6 Å². The Morgan fingerprint density at radius 3 is 2.45 bits per heavy atom. The van der Waals surface area contributed by atoms with E-state index in [1.165, 1.54) is 57.8 Å². The van der Waals surface area contributed by atoms with E-state index in [1.807, 2.05) is 0 Å². The molecule has 3 aliphatic rings. The fraction of sp³-hybridized carbons (Fsp3) is 0.938. The van der Waals surface area contributed by atoms with Crippen molar-refractivity contribution in [2.45, 2.75) is 69.9 Å². The number of piperidine rings is 1. The number of rotatable bonds is 2. The van der Waals surface area contributed by atoms with Crippen LogP contribution in [0, 0.1) is 5.92 Å². The van der Waals surface area contributed by atoms with Gasteiger partial charge in [-0.1, -0.05) is 12.8 Å². The zero-order valence-corrected chi connectivity index (χ0v) is 12.6. The van der Waals surface area contributed by atoms with Crippen LogP contribution in [0.1, 0.15) is 57.8 Å². The number of carbonyl (C=O) groups excluding carboxylic acids is 1. The van der Waals surface area contributed by atoms with Crippen LogP contribution in [0.15, 0.2) is 0 Å². The topological polar surface area (TPSA) is 44.4 Å². The van der Waals surface area contributed by atoms with Gasteiger partial charge in [0.15, 0.2) is 0 Å². The molecule has 2 N–H and O–H groups in total. The van der Waals surface area contributed by atoms with Gasteiger partial charge >= 0.3 is 6.03 Å². The number of urea groups is 1. The minimum absolute atomic E-state index is 0.222. The van der Waals surface area contributed by atoms with Crippen molar-refractivity contribution in [2.24, 2.45) is 5.92 Å². The molecular weight excluding hydrogens is 250 g/mol. The number of likely N-dealkylation sites (tertiary alicyclic amines) is 1. The summed E-state index contributed by atoms with van der Waals surface area (Å²) in [5.41, 5.74) is 0. The van der Waals surface area contributed by atoms with E-state index in [-0.39, 0.29) is 6.03 Å². The highest BCUT2D eigenvalue weighted by molar-refractivity contribution is 5.75. The Bertz CT molecular complexity index is 324. The fourth-order valence-electron chi connectivity index (χ4n) is 3.92. The second kappa shape index (κ2) is 6.79. The number of hydrogen-bond acceptors (Lipinski definition) is 2. The van der Waals surface area contributed by atoms with E-state index in [0.717, 1.165) is 19.6 Å². The van der Waals surface area contributed by atoms with Gasteiger partial charge in [0.1, 0.15) is 0 Å². The average Bonchev–Trinajstić information content (AvgIpc) is 2.69. The molecule has 1 unspecified atom stereocenters. The molecule has 114 valence electrons. The predicted octanol–water partition coefficient (Wildman–Crippen LogP) is 2.49. The molecule has 0 spiro atoms. The van der Waals surface area contributed by atoms with Gasteiger partial charge in [-0.2, -0.15) is 0 Å². The summed E-state index contributed by atoms with van der Waals surface area (Å²) in [7, 11) is 0. The molecular formula is C16H29N3O. The van der Waals surface area contributed by atoms with Crippen LogP contribution in [-0.4, -0.2) is 42.6 Å². The van der Waals surface area contributed by atoms with Crippen molar-refractivity contribution in [1.82, 2.24) is 15.5 Å². The second-order valence-electron chi connectivity index (χ2n) is 6.77. The first-order chi connectivity index (χ1) is 9.84. The van der Waals surface area contributed by atoms with Crippen molar-refractivity contribution < 1.29 is 4.79 Å². The molecule has 4 heteroatoms. The normalized spacial score (nSPS) is 29.6. The van der Waals surface area contributed by atoms with Crippen LogP contribution in [0.3, 0.4) is 0 Å². The molecule has 1 saturated carbocycles. The first kappa shape index (κ1) is 14.2. The second-order valence-corrected chi connectivity index (χ2v) is 6.77. The summed E-state index contributed by atoms with van der Waals surface area (Å²) in [5, 5.41) is 6.70. The van der Waals surface area contributed by atoms with Crippen LogP contribution in [-0.2, 0) is 0 Å². The first-order valence-corrected chi connectivity index (χ1v) is 8.62. The minimum atomic E-state index is 0.222.